The minimum atomic E-state index is -1.70. The van der Waals surface area contributed by atoms with Crippen molar-refractivity contribution < 1.29 is 13.6 Å². The topological polar surface area (TPSA) is 35.5 Å². The third-order valence-corrected chi connectivity index (χ3v) is 10.8. The molecule has 0 radical (unpaired) electrons. The number of carbonyl (C=O) groups excluding carboxylic acids is 1. The van der Waals surface area contributed by atoms with Crippen LogP contribution < -0.4 is 0 Å². The Labute approximate surface area is 186 Å². The fourth-order valence-electron chi connectivity index (χ4n) is 7.48. The molecule has 5 heteroatoms. The van der Waals surface area contributed by atoms with E-state index in [1.807, 2.05) is 0 Å². The summed E-state index contributed by atoms with van der Waals surface area (Å²) in [5, 5.41) is 0. The van der Waals surface area contributed by atoms with Gasteiger partial charge in [-0.3, -0.25) is 4.79 Å². The van der Waals surface area contributed by atoms with Crippen molar-refractivity contribution in [2.75, 3.05) is 0 Å². The van der Waals surface area contributed by atoms with Gasteiger partial charge in [-0.1, -0.05) is 25.5 Å². The summed E-state index contributed by atoms with van der Waals surface area (Å²) in [5.74, 6) is 2.17. The van der Waals surface area contributed by atoms with Gasteiger partial charge in [0.1, 0.15) is 5.78 Å². The summed E-state index contributed by atoms with van der Waals surface area (Å²) >= 11 is 0. The van der Waals surface area contributed by atoms with E-state index in [2.05, 4.69) is 59.2 Å². The molecule has 0 aromatic heterocycles. The zero-order valence-electron chi connectivity index (χ0n) is 20.6. The molecule has 0 aromatic rings. The summed E-state index contributed by atoms with van der Waals surface area (Å²) < 4.78 is 13.5. The first-order valence-electron chi connectivity index (χ1n) is 12.3. The SMILES string of the molecule is C[C@]12CC[C@@H](O[Si](C)(C)C)CC1=C[C@H](O[Si](C)(C)C)[C@@H]1[C@@H]2CC[C@]2(C)C(=O)CC[C@@H]12. The molecule has 0 aromatic carbocycles. The number of fused-ring (bicyclic) bond motifs is 5. The Morgan fingerprint density at radius 3 is 2.10 bits per heavy atom. The Kier molecular flexibility index (Phi) is 5.65. The molecule has 7 atom stereocenters. The van der Waals surface area contributed by atoms with Crippen molar-refractivity contribution in [3.63, 3.8) is 0 Å². The van der Waals surface area contributed by atoms with Crippen LogP contribution in [0.5, 0.6) is 0 Å². The summed E-state index contributed by atoms with van der Waals surface area (Å²) in [4.78, 5) is 12.9. The molecule has 0 N–H and O–H groups in total. The molecule has 170 valence electrons. The summed E-state index contributed by atoms with van der Waals surface area (Å²) in [6, 6.07) is 0. The second-order valence-electron chi connectivity index (χ2n) is 13.1. The predicted octanol–water partition coefficient (Wildman–Crippen LogP) is 6.57. The highest BCUT2D eigenvalue weighted by Gasteiger charge is 2.61. The van der Waals surface area contributed by atoms with Crippen LogP contribution >= 0.6 is 0 Å². The van der Waals surface area contributed by atoms with Crippen molar-refractivity contribution in [3.05, 3.63) is 11.6 Å². The molecule has 4 aliphatic rings. The van der Waals surface area contributed by atoms with Crippen molar-refractivity contribution in [3.8, 4) is 0 Å². The van der Waals surface area contributed by atoms with Gasteiger partial charge in [-0.05, 0) is 101 Å². The lowest BCUT2D eigenvalue weighted by Crippen LogP contribution is -2.56. The molecule has 3 saturated carbocycles. The quantitative estimate of drug-likeness (QED) is 0.360. The fourth-order valence-corrected chi connectivity index (χ4v) is 9.73. The molecule has 0 saturated heterocycles. The van der Waals surface area contributed by atoms with Crippen LogP contribution in [0.25, 0.3) is 0 Å². The van der Waals surface area contributed by atoms with Gasteiger partial charge >= 0.3 is 0 Å². The standard InChI is InChI=1S/C25H44O3Si2/c1-24-13-11-18(27-29(3,4)5)15-17(24)16-21(28-30(6,7)8)23-19-9-10-22(26)25(19,2)14-12-20(23)24/h16,18-21,23H,9-15H2,1-8H3/t18-,19+,20+,21+,23+,24+,25+/m1/s1. The summed E-state index contributed by atoms with van der Waals surface area (Å²) in [7, 11) is -3.24. The molecule has 0 aliphatic heterocycles. The largest absolute Gasteiger partial charge is 0.414 e. The lowest BCUT2D eigenvalue weighted by molar-refractivity contribution is -0.135. The molecule has 3 fully saturated rings. The van der Waals surface area contributed by atoms with Gasteiger partial charge in [-0.15, -0.1) is 0 Å². The number of Topliss-reactive ketones (excluding diaryl/α,β-unsaturated/α-hetero) is 1. The molecule has 4 aliphatic carbocycles. The van der Waals surface area contributed by atoms with E-state index in [9.17, 15) is 4.79 Å². The Morgan fingerprint density at radius 1 is 0.867 bits per heavy atom. The number of ketones is 1. The van der Waals surface area contributed by atoms with Crippen LogP contribution in [0.3, 0.4) is 0 Å². The number of hydrogen-bond donors (Lipinski definition) is 0. The molecule has 0 spiro atoms. The van der Waals surface area contributed by atoms with E-state index in [4.69, 9.17) is 8.85 Å². The van der Waals surface area contributed by atoms with Gasteiger partial charge in [0.05, 0.1) is 6.10 Å². The normalized spacial score (nSPS) is 44.2. The van der Waals surface area contributed by atoms with E-state index in [-0.39, 0.29) is 16.9 Å². The minimum absolute atomic E-state index is 0.109. The Hall–Kier alpha value is -0.236. The maximum Gasteiger partial charge on any atom is 0.184 e. The maximum absolute atomic E-state index is 12.9. The van der Waals surface area contributed by atoms with E-state index in [1.165, 1.54) is 19.3 Å². The second-order valence-corrected chi connectivity index (χ2v) is 22.0. The number of carbonyl (C=O) groups is 1. The van der Waals surface area contributed by atoms with Crippen LogP contribution in [0.4, 0.5) is 0 Å². The van der Waals surface area contributed by atoms with Crippen LogP contribution in [-0.2, 0) is 13.6 Å². The highest BCUT2D eigenvalue weighted by atomic mass is 28.4. The first kappa shape index (κ1) is 22.9. The zero-order chi connectivity index (χ0) is 22.1. The van der Waals surface area contributed by atoms with Crippen LogP contribution in [0.15, 0.2) is 11.6 Å². The third kappa shape index (κ3) is 3.97. The summed E-state index contributed by atoms with van der Waals surface area (Å²) in [6.45, 7) is 18.7. The minimum Gasteiger partial charge on any atom is -0.414 e. The molecule has 0 bridgehead atoms. The van der Waals surface area contributed by atoms with Crippen LogP contribution in [0.2, 0.25) is 39.3 Å². The van der Waals surface area contributed by atoms with Gasteiger partial charge in [-0.2, -0.15) is 0 Å². The van der Waals surface area contributed by atoms with Crippen molar-refractivity contribution >= 4 is 22.4 Å². The fraction of sp³-hybridized carbons (Fsp3) is 0.880. The van der Waals surface area contributed by atoms with Crippen LogP contribution in [0, 0.1) is 28.6 Å². The van der Waals surface area contributed by atoms with Gasteiger partial charge in [-0.25, -0.2) is 0 Å². The van der Waals surface area contributed by atoms with Crippen LogP contribution in [0.1, 0.15) is 58.8 Å². The average molecular weight is 449 g/mol. The smallest absolute Gasteiger partial charge is 0.184 e. The predicted molar refractivity (Wildman–Crippen MR) is 129 cm³/mol. The molecule has 4 rings (SSSR count). The van der Waals surface area contributed by atoms with Crippen molar-refractivity contribution in [1.82, 2.24) is 0 Å². The summed E-state index contributed by atoms with van der Waals surface area (Å²) in [6.07, 6.45) is 10.7. The first-order valence-corrected chi connectivity index (χ1v) is 19.1. The highest BCUT2D eigenvalue weighted by molar-refractivity contribution is 6.70. The van der Waals surface area contributed by atoms with Gasteiger partial charge in [0.2, 0.25) is 0 Å². The van der Waals surface area contributed by atoms with E-state index >= 15 is 0 Å². The molecule has 0 heterocycles. The van der Waals surface area contributed by atoms with Gasteiger partial charge in [0.15, 0.2) is 16.6 Å². The molecule has 0 amide bonds. The van der Waals surface area contributed by atoms with Crippen molar-refractivity contribution in [2.24, 2.45) is 28.6 Å². The highest BCUT2D eigenvalue weighted by Crippen LogP contribution is 2.64. The molecule has 30 heavy (non-hydrogen) atoms. The van der Waals surface area contributed by atoms with Crippen molar-refractivity contribution in [1.29, 1.82) is 0 Å². The molecular formula is C25H44O3Si2. The Morgan fingerprint density at radius 2 is 1.47 bits per heavy atom. The molecule has 3 nitrogen and oxygen atoms in total. The van der Waals surface area contributed by atoms with Crippen LogP contribution in [-0.4, -0.2) is 34.6 Å². The van der Waals surface area contributed by atoms with Gasteiger partial charge in [0.25, 0.3) is 0 Å². The first-order chi connectivity index (χ1) is 13.7. The maximum atomic E-state index is 12.9. The molecule has 0 unspecified atom stereocenters. The van der Waals surface area contributed by atoms with E-state index < -0.39 is 16.6 Å². The lowest BCUT2D eigenvalue weighted by Gasteiger charge is -2.59. The lowest BCUT2D eigenvalue weighted by atomic mass is 9.47. The Bertz CT molecular complexity index is 734. The van der Waals surface area contributed by atoms with Gasteiger partial charge in [0, 0.05) is 17.9 Å². The number of hydrogen-bond acceptors (Lipinski definition) is 3. The third-order valence-electron chi connectivity index (χ3n) is 8.78. The van der Waals surface area contributed by atoms with E-state index in [0.717, 1.165) is 25.7 Å². The van der Waals surface area contributed by atoms with E-state index in [1.54, 1.807) is 5.57 Å². The zero-order valence-corrected chi connectivity index (χ0v) is 22.6. The Balaban J connectivity index is 1.71. The summed E-state index contributed by atoms with van der Waals surface area (Å²) in [5.41, 5.74) is 1.76. The monoisotopic (exact) mass is 448 g/mol. The number of rotatable bonds is 4. The van der Waals surface area contributed by atoms with Gasteiger partial charge < -0.3 is 8.85 Å². The average Bonchev–Trinajstić information content (AvgIpc) is 2.89. The van der Waals surface area contributed by atoms with E-state index in [0.29, 0.717) is 29.6 Å². The molecular weight excluding hydrogens is 404 g/mol. The van der Waals surface area contributed by atoms with Crippen molar-refractivity contribution in [2.45, 2.75) is 110 Å². The second kappa shape index (κ2) is 7.39.